The summed E-state index contributed by atoms with van der Waals surface area (Å²) >= 11 is 5.39. The first kappa shape index (κ1) is 11.9. The molecule has 0 spiro atoms. The summed E-state index contributed by atoms with van der Waals surface area (Å²) in [5.41, 5.74) is 0.623. The van der Waals surface area contributed by atoms with Crippen LogP contribution in [0.3, 0.4) is 0 Å². The van der Waals surface area contributed by atoms with Crippen LogP contribution in [0.1, 0.15) is 46.0 Å². The van der Waals surface area contributed by atoms with Crippen molar-refractivity contribution in [3.8, 4) is 0 Å². The molecule has 2 aliphatic rings. The van der Waals surface area contributed by atoms with E-state index in [4.69, 9.17) is 0 Å². The molecule has 0 bridgehead atoms. The molecule has 2 saturated carbocycles. The van der Waals surface area contributed by atoms with Crippen LogP contribution < -0.4 is 0 Å². The molecule has 2 fully saturated rings. The molecule has 4 unspecified atom stereocenters. The van der Waals surface area contributed by atoms with Crippen LogP contribution in [0.25, 0.3) is 0 Å². The summed E-state index contributed by atoms with van der Waals surface area (Å²) in [6, 6.07) is 0. The monoisotopic (exact) mass is 418 g/mol. The topological polar surface area (TPSA) is 0 Å². The van der Waals surface area contributed by atoms with Crippen LogP contribution in [0, 0.1) is 17.3 Å². The molecule has 0 radical (unpaired) electrons. The second kappa shape index (κ2) is 4.38. The molecule has 0 heterocycles. The van der Waals surface area contributed by atoms with Crippen LogP contribution in [-0.2, 0) is 0 Å². The number of alkyl halides is 2. The van der Waals surface area contributed by atoms with Crippen LogP contribution in [0.15, 0.2) is 0 Å². The highest BCUT2D eigenvalue weighted by Crippen LogP contribution is 2.51. The van der Waals surface area contributed by atoms with Crippen molar-refractivity contribution in [2.75, 3.05) is 0 Å². The minimum absolute atomic E-state index is 0.623. The van der Waals surface area contributed by atoms with E-state index < -0.39 is 0 Å². The van der Waals surface area contributed by atoms with Gasteiger partial charge in [-0.1, -0.05) is 59.0 Å². The van der Waals surface area contributed by atoms with Gasteiger partial charge in [0.25, 0.3) is 0 Å². The highest BCUT2D eigenvalue weighted by molar-refractivity contribution is 14.1. The lowest BCUT2D eigenvalue weighted by Gasteiger charge is -2.47. The van der Waals surface area contributed by atoms with Crippen molar-refractivity contribution in [1.82, 2.24) is 0 Å². The summed E-state index contributed by atoms with van der Waals surface area (Å²) < 4.78 is 1.95. The van der Waals surface area contributed by atoms with E-state index in [0.29, 0.717) is 5.41 Å². The average Bonchev–Trinajstić information content (AvgIpc) is 2.09. The third kappa shape index (κ3) is 2.41. The lowest BCUT2D eigenvalue weighted by atomic mass is 9.63. The van der Waals surface area contributed by atoms with Crippen molar-refractivity contribution < 1.29 is 0 Å². The lowest BCUT2D eigenvalue weighted by molar-refractivity contribution is 0.112. The minimum atomic E-state index is 0.623. The van der Waals surface area contributed by atoms with E-state index in [1.54, 1.807) is 0 Å². The van der Waals surface area contributed by atoms with E-state index in [1.165, 1.54) is 32.1 Å². The Bertz CT molecular complexity index is 212. The summed E-state index contributed by atoms with van der Waals surface area (Å²) in [6.07, 6.45) is 7.36. The average molecular weight is 418 g/mol. The lowest BCUT2D eigenvalue weighted by Crippen LogP contribution is -2.42. The van der Waals surface area contributed by atoms with Gasteiger partial charge in [-0.2, -0.15) is 0 Å². The van der Waals surface area contributed by atoms with Gasteiger partial charge in [-0.3, -0.25) is 0 Å². The first-order chi connectivity index (χ1) is 6.49. The van der Waals surface area contributed by atoms with Gasteiger partial charge in [-0.25, -0.2) is 0 Å². The highest BCUT2D eigenvalue weighted by Gasteiger charge is 2.43. The maximum Gasteiger partial charge on any atom is 0.0141 e. The molecule has 0 aromatic rings. The Balaban J connectivity index is 2.01. The SMILES string of the molecule is CC1(C)CCC(I)C(C2CCC2I)C1. The predicted molar refractivity (Wildman–Crippen MR) is 79.5 cm³/mol. The fourth-order valence-electron chi connectivity index (χ4n) is 3.00. The summed E-state index contributed by atoms with van der Waals surface area (Å²) in [5.74, 6) is 2.08. The normalized spacial score (nSPS) is 47.1. The van der Waals surface area contributed by atoms with E-state index in [-0.39, 0.29) is 0 Å². The number of halogens is 2. The van der Waals surface area contributed by atoms with E-state index in [2.05, 4.69) is 59.0 Å². The van der Waals surface area contributed by atoms with Gasteiger partial charge in [0.15, 0.2) is 0 Å². The summed E-state index contributed by atoms with van der Waals surface area (Å²) in [7, 11) is 0. The van der Waals surface area contributed by atoms with Crippen molar-refractivity contribution in [2.24, 2.45) is 17.3 Å². The van der Waals surface area contributed by atoms with Crippen molar-refractivity contribution >= 4 is 45.2 Å². The van der Waals surface area contributed by atoms with E-state index >= 15 is 0 Å². The van der Waals surface area contributed by atoms with E-state index in [9.17, 15) is 0 Å². The van der Waals surface area contributed by atoms with Crippen LogP contribution in [-0.4, -0.2) is 7.85 Å². The van der Waals surface area contributed by atoms with E-state index in [0.717, 1.165) is 19.7 Å². The summed E-state index contributed by atoms with van der Waals surface area (Å²) in [5, 5.41) is 0. The largest absolute Gasteiger partial charge is 0.0823 e. The zero-order valence-electron chi connectivity index (χ0n) is 9.10. The molecule has 0 N–H and O–H groups in total. The first-order valence-corrected chi connectivity index (χ1v) is 8.27. The van der Waals surface area contributed by atoms with Gasteiger partial charge in [0.2, 0.25) is 0 Å². The van der Waals surface area contributed by atoms with Crippen molar-refractivity contribution in [3.05, 3.63) is 0 Å². The molecule has 0 saturated heterocycles. The van der Waals surface area contributed by atoms with Crippen LogP contribution in [0.2, 0.25) is 0 Å². The molecule has 0 nitrogen and oxygen atoms in total. The summed E-state index contributed by atoms with van der Waals surface area (Å²) in [4.78, 5) is 0. The number of hydrogen-bond donors (Lipinski definition) is 0. The molecule has 4 atom stereocenters. The van der Waals surface area contributed by atoms with Gasteiger partial charge in [0, 0.05) is 7.85 Å². The van der Waals surface area contributed by atoms with Gasteiger partial charge < -0.3 is 0 Å². The quantitative estimate of drug-likeness (QED) is 0.423. The van der Waals surface area contributed by atoms with Crippen LogP contribution >= 0.6 is 45.2 Å². The second-order valence-electron chi connectivity index (χ2n) is 5.84. The Morgan fingerprint density at radius 3 is 2.07 bits per heavy atom. The van der Waals surface area contributed by atoms with Gasteiger partial charge in [-0.15, -0.1) is 0 Å². The second-order valence-corrected chi connectivity index (χ2v) is 9.04. The molecule has 2 rings (SSSR count). The van der Waals surface area contributed by atoms with Crippen LogP contribution in [0.4, 0.5) is 0 Å². The molecular weight excluding hydrogens is 398 g/mol. The Hall–Kier alpha value is 1.46. The smallest absolute Gasteiger partial charge is 0.0141 e. The summed E-state index contributed by atoms with van der Waals surface area (Å²) in [6.45, 7) is 4.92. The molecule has 14 heavy (non-hydrogen) atoms. The predicted octanol–water partition coefficient (Wildman–Crippen LogP) is 4.83. The molecule has 82 valence electrons. The minimum Gasteiger partial charge on any atom is -0.0823 e. The third-order valence-electron chi connectivity index (χ3n) is 4.14. The van der Waals surface area contributed by atoms with Gasteiger partial charge >= 0.3 is 0 Å². The third-order valence-corrected chi connectivity index (χ3v) is 7.23. The zero-order valence-corrected chi connectivity index (χ0v) is 13.4. The molecule has 0 aromatic heterocycles. The maximum atomic E-state index is 2.71. The van der Waals surface area contributed by atoms with Crippen molar-refractivity contribution in [2.45, 2.75) is 53.8 Å². The molecular formula is C12H20I2. The molecule has 0 amide bonds. The van der Waals surface area contributed by atoms with Crippen LogP contribution in [0.5, 0.6) is 0 Å². The zero-order chi connectivity index (χ0) is 10.3. The molecule has 0 aromatic carbocycles. The van der Waals surface area contributed by atoms with Crippen molar-refractivity contribution in [3.63, 3.8) is 0 Å². The first-order valence-electron chi connectivity index (χ1n) is 5.78. The Morgan fingerprint density at radius 1 is 0.929 bits per heavy atom. The Kier molecular flexibility index (Phi) is 3.73. The number of rotatable bonds is 1. The van der Waals surface area contributed by atoms with Gasteiger partial charge in [-0.05, 0) is 49.4 Å². The van der Waals surface area contributed by atoms with E-state index in [1.807, 2.05) is 0 Å². The number of hydrogen-bond acceptors (Lipinski definition) is 0. The van der Waals surface area contributed by atoms with Gasteiger partial charge in [0.05, 0.1) is 0 Å². The van der Waals surface area contributed by atoms with Gasteiger partial charge in [0.1, 0.15) is 0 Å². The molecule has 2 aliphatic carbocycles. The molecule has 0 aliphatic heterocycles. The molecule has 2 heteroatoms. The maximum absolute atomic E-state index is 2.71. The highest BCUT2D eigenvalue weighted by atomic mass is 127. The Morgan fingerprint density at radius 2 is 1.57 bits per heavy atom. The standard InChI is InChI=1S/C12H20I2/c1-12(2)6-5-11(14)9(7-12)8-3-4-10(8)13/h8-11H,3-7H2,1-2H3. The Labute approximate surface area is 115 Å². The fourth-order valence-corrected chi connectivity index (χ4v) is 5.35. The fraction of sp³-hybridized carbons (Fsp3) is 1.00. The van der Waals surface area contributed by atoms with Crippen molar-refractivity contribution in [1.29, 1.82) is 0 Å².